The summed E-state index contributed by atoms with van der Waals surface area (Å²) in [6.45, 7) is 3.46. The molecular weight excluding hydrogens is 650 g/mol. The number of carboxylic acid groups (broad SMARTS) is 1. The van der Waals surface area contributed by atoms with Crippen LogP contribution < -0.4 is 26.2 Å². The van der Waals surface area contributed by atoms with E-state index < -0.39 is 58.2 Å². The topological polar surface area (TPSA) is 271 Å². The number of carbonyl (C=O) groups is 3. The number of β-lactam (4-membered cyclic amide) rings is 1. The third-order valence-corrected chi connectivity index (χ3v) is 7.61. The first-order valence-corrected chi connectivity index (χ1v) is 15.6. The Morgan fingerprint density at radius 2 is 1.98 bits per heavy atom. The van der Waals surface area contributed by atoms with Crippen LogP contribution in [0, 0.1) is 0 Å². The molecule has 1 aliphatic rings. The van der Waals surface area contributed by atoms with E-state index in [1.807, 2.05) is 28.8 Å². The van der Waals surface area contributed by atoms with E-state index >= 15 is 0 Å². The summed E-state index contributed by atoms with van der Waals surface area (Å²) in [7, 11) is -3.36. The second-order valence-corrected chi connectivity index (χ2v) is 12.2. The normalized spacial score (nSPS) is 16.9. The predicted molar refractivity (Wildman–Crippen MR) is 157 cm³/mol. The minimum absolute atomic E-state index is 0.0572. The number of aryl methyl sites for hydroxylation is 2. The molecule has 1 unspecified atom stereocenters. The molecule has 1 aliphatic heterocycles. The Bertz CT molecular complexity index is 1740. The first-order valence-electron chi connectivity index (χ1n) is 13.5. The van der Waals surface area contributed by atoms with Crippen molar-refractivity contribution in [1.29, 1.82) is 0 Å². The van der Waals surface area contributed by atoms with Gasteiger partial charge in [0.05, 0.1) is 23.8 Å². The van der Waals surface area contributed by atoms with Gasteiger partial charge in [-0.15, -0.1) is 4.68 Å². The lowest BCUT2D eigenvalue weighted by Crippen LogP contribution is -2.76. The summed E-state index contributed by atoms with van der Waals surface area (Å²) in [5.41, 5.74) is 11.0. The highest BCUT2D eigenvalue weighted by molar-refractivity contribution is 7.80. The molecule has 2 aromatic heterocycles. The maximum absolute atomic E-state index is 13.1. The lowest BCUT2D eigenvalue weighted by molar-refractivity contribution is -0.753. The van der Waals surface area contributed by atoms with Crippen LogP contribution in [0.25, 0.3) is 11.1 Å². The van der Waals surface area contributed by atoms with Crippen molar-refractivity contribution in [3.8, 4) is 16.9 Å². The number of ether oxygens (including phenoxy) is 1. The number of nitrogens with one attached hydrogen (secondary N) is 1. The van der Waals surface area contributed by atoms with Gasteiger partial charge >= 0.3 is 5.97 Å². The molecule has 1 saturated heterocycles. The molecule has 4 rings (SSSR count). The van der Waals surface area contributed by atoms with Gasteiger partial charge in [-0.25, -0.2) is 13.2 Å². The maximum atomic E-state index is 13.1. The van der Waals surface area contributed by atoms with Gasteiger partial charge in [0.25, 0.3) is 17.9 Å². The van der Waals surface area contributed by atoms with Gasteiger partial charge in [0.2, 0.25) is 28.1 Å². The monoisotopic (exact) mass is 681 g/mol. The van der Waals surface area contributed by atoms with Crippen molar-refractivity contribution >= 4 is 50.6 Å². The van der Waals surface area contributed by atoms with Crippen LogP contribution >= 0.6 is 11.5 Å². The highest BCUT2D eigenvalue weighted by Gasteiger charge is 2.57. The molecule has 1 aromatic carbocycles. The van der Waals surface area contributed by atoms with E-state index in [2.05, 4.69) is 24.1 Å². The third kappa shape index (κ3) is 7.92. The number of hydrogen-bond donors (Lipinski definition) is 4. The molecule has 248 valence electrons. The Morgan fingerprint density at radius 1 is 1.28 bits per heavy atom. The van der Waals surface area contributed by atoms with Gasteiger partial charge in [-0.05, 0) is 44.5 Å². The molecule has 1 fully saturated rings. The summed E-state index contributed by atoms with van der Waals surface area (Å²) in [5, 5.41) is 15.9. The first-order chi connectivity index (χ1) is 21.6. The van der Waals surface area contributed by atoms with Crippen LogP contribution in [0.4, 0.5) is 5.13 Å². The van der Waals surface area contributed by atoms with Gasteiger partial charge in [0, 0.05) is 11.5 Å². The van der Waals surface area contributed by atoms with Crippen molar-refractivity contribution in [2.24, 2.45) is 17.9 Å². The maximum Gasteiger partial charge on any atom is 0.351 e. The summed E-state index contributed by atoms with van der Waals surface area (Å²) >= 11 is 0.704. The number of hydroxylamine groups is 2. The van der Waals surface area contributed by atoms with Crippen LogP contribution in [-0.4, -0.2) is 91.5 Å². The lowest BCUT2D eigenvalue weighted by atomic mass is 9.84. The van der Waals surface area contributed by atoms with E-state index in [0.717, 1.165) is 24.1 Å². The molecule has 3 aromatic rings. The van der Waals surface area contributed by atoms with Crippen molar-refractivity contribution in [2.45, 2.75) is 44.5 Å². The van der Waals surface area contributed by atoms with Crippen molar-refractivity contribution < 1.29 is 51.0 Å². The quantitative estimate of drug-likeness (QED) is 0.0356. The van der Waals surface area contributed by atoms with Gasteiger partial charge in [-0.2, -0.15) is 23.4 Å². The van der Waals surface area contributed by atoms with Gasteiger partial charge in [-0.1, -0.05) is 17.3 Å². The van der Waals surface area contributed by atoms with Gasteiger partial charge in [0.1, 0.15) is 18.4 Å². The molecule has 0 saturated carbocycles. The van der Waals surface area contributed by atoms with E-state index in [4.69, 9.17) is 21.0 Å². The fraction of sp³-hybridized carbons (Fsp3) is 0.400. The number of hydrogen-bond acceptors (Lipinski definition) is 15. The minimum atomic E-state index is -5.27. The molecule has 0 spiro atoms. The summed E-state index contributed by atoms with van der Waals surface area (Å²) < 4.78 is 50.5. The van der Waals surface area contributed by atoms with Crippen LogP contribution in [0.1, 0.15) is 26.1 Å². The van der Waals surface area contributed by atoms with E-state index in [0.29, 0.717) is 28.9 Å². The van der Waals surface area contributed by atoms with E-state index in [9.17, 15) is 32.5 Å². The molecule has 2 amide bonds. The smallest absolute Gasteiger partial charge is 0.351 e. The molecule has 6 N–H and O–H groups in total. The van der Waals surface area contributed by atoms with Crippen LogP contribution in [0.3, 0.4) is 0 Å². The number of nitrogens with zero attached hydrogens (tertiary/aromatic N) is 6. The van der Waals surface area contributed by atoms with Gasteiger partial charge < -0.3 is 36.0 Å². The van der Waals surface area contributed by atoms with Gasteiger partial charge in [-0.3, -0.25) is 9.59 Å². The Kier molecular flexibility index (Phi) is 10.2. The molecule has 0 bridgehead atoms. The number of nitrogen functional groups attached to an aromatic ring is 1. The molecule has 2 atom stereocenters. The van der Waals surface area contributed by atoms with Crippen molar-refractivity contribution in [3.63, 3.8) is 0 Å². The Hall–Kier alpha value is -4.70. The second-order valence-electron chi connectivity index (χ2n) is 10.4. The number of carbonyl (C=O) groups excluding carboxylic acids is 2. The molecule has 0 aliphatic carbocycles. The number of anilines is 1. The zero-order valence-electron chi connectivity index (χ0n) is 24.7. The molecular formula is C25H31N9O10S2. The summed E-state index contributed by atoms with van der Waals surface area (Å²) in [4.78, 5) is 46.5. The highest BCUT2D eigenvalue weighted by Crippen LogP contribution is 2.33. The van der Waals surface area contributed by atoms with Crippen molar-refractivity contribution in [3.05, 3.63) is 42.5 Å². The number of aromatic nitrogens is 4. The van der Waals surface area contributed by atoms with Crippen LogP contribution in [0.15, 0.2) is 41.8 Å². The molecule has 3 heterocycles. The summed E-state index contributed by atoms with van der Waals surface area (Å²) in [6, 6.07) is 5.53. The Balaban J connectivity index is 1.44. The SMILES string of the molecule is C[n+]1cc(-c2ccc(OCC(O/N=C(\C(=O)N[C@@H]3C(=O)N(OS(=O)(=O)[O-])C3(C)C)c3nsc(N)n3)C(=O)O)cc2)cn1CCCN. The average Bonchev–Trinajstić information content (AvgIpc) is 3.59. The molecule has 46 heavy (non-hydrogen) atoms. The number of oxime groups is 1. The first kappa shape index (κ1) is 34.2. The van der Waals surface area contributed by atoms with Crippen LogP contribution in [0.5, 0.6) is 5.75 Å². The number of benzene rings is 1. The van der Waals surface area contributed by atoms with Crippen molar-refractivity contribution in [2.75, 3.05) is 18.9 Å². The molecule has 19 nitrogen and oxygen atoms in total. The average molecular weight is 682 g/mol. The zero-order chi connectivity index (χ0) is 33.8. The second kappa shape index (κ2) is 13.7. The predicted octanol–water partition coefficient (Wildman–Crippen LogP) is -1.49. The number of aliphatic carboxylic acids is 1. The standard InChI is InChI=1S/C25H31N9O10S2/c1-25(2)19(22(36)34(25)44-46(39,40)41)28-21(35)18(20-29-24(27)45-31-20)30-43-17(23(37)38)13-42-16-7-5-14(6-8-16)15-11-32(3)33(12-15)10-4-9-26/h5-8,11-12,17,19H,4,9-10,13,26H2,1-3H3,(H4-,27,28,29,31,35,37,38,39,40,41)/b30-18-/t17?,19-/m1/s1. The summed E-state index contributed by atoms with van der Waals surface area (Å²) in [5.74, 6) is -3.63. The number of carboxylic acids is 1. The fourth-order valence-corrected chi connectivity index (χ4v) is 5.18. The summed E-state index contributed by atoms with van der Waals surface area (Å²) in [6.07, 6.45) is 3.07. The zero-order valence-corrected chi connectivity index (χ0v) is 26.4. The fourth-order valence-electron chi connectivity index (χ4n) is 4.30. The van der Waals surface area contributed by atoms with Crippen LogP contribution in [0.2, 0.25) is 0 Å². The number of rotatable bonds is 15. The van der Waals surface area contributed by atoms with Crippen molar-refractivity contribution in [1.82, 2.24) is 24.4 Å². The van der Waals surface area contributed by atoms with Gasteiger partial charge in [0.15, 0.2) is 12.2 Å². The largest absolute Gasteiger partial charge is 0.724 e. The Morgan fingerprint density at radius 3 is 2.54 bits per heavy atom. The number of nitrogens with two attached hydrogens (primary N) is 2. The highest BCUT2D eigenvalue weighted by atomic mass is 32.3. The third-order valence-electron chi connectivity index (χ3n) is 6.73. The van der Waals surface area contributed by atoms with E-state index in [1.165, 1.54) is 13.8 Å². The van der Waals surface area contributed by atoms with Crippen LogP contribution in [-0.2, 0) is 47.5 Å². The lowest BCUT2D eigenvalue weighted by Gasteiger charge is -2.51. The minimum Gasteiger partial charge on any atom is -0.724 e. The van der Waals surface area contributed by atoms with E-state index in [-0.39, 0.29) is 11.0 Å². The molecule has 21 heteroatoms. The number of amides is 2. The Labute approximate surface area is 266 Å². The van der Waals surface area contributed by atoms with E-state index in [1.54, 1.807) is 24.3 Å². The molecule has 0 radical (unpaired) electrons.